The van der Waals surface area contributed by atoms with E-state index in [4.69, 9.17) is 0 Å². The molecule has 4 nitrogen and oxygen atoms in total. The van der Waals surface area contributed by atoms with Crippen molar-refractivity contribution in [3.05, 3.63) is 65.2 Å². The van der Waals surface area contributed by atoms with Gasteiger partial charge in [0.2, 0.25) is 0 Å². The maximum Gasteiger partial charge on any atom is 0.279 e. The lowest BCUT2D eigenvalue weighted by molar-refractivity contribution is -1.02. The molecule has 0 radical (unpaired) electrons. The zero-order valence-corrected chi connectivity index (χ0v) is 15.3. The smallest absolute Gasteiger partial charge is 0.279 e. The summed E-state index contributed by atoms with van der Waals surface area (Å²) in [6.45, 7) is 10.1. The first-order valence-electron chi connectivity index (χ1n) is 9.19. The van der Waals surface area contributed by atoms with Gasteiger partial charge in [-0.2, -0.15) is 0 Å². The fourth-order valence-corrected chi connectivity index (χ4v) is 3.62. The van der Waals surface area contributed by atoms with Crippen LogP contribution in [0.4, 0.5) is 5.69 Å². The van der Waals surface area contributed by atoms with Gasteiger partial charge in [0.25, 0.3) is 5.91 Å². The molecule has 0 spiro atoms. The van der Waals surface area contributed by atoms with E-state index in [0.29, 0.717) is 6.54 Å². The number of aryl methyl sites for hydroxylation is 2. The van der Waals surface area contributed by atoms with Crippen LogP contribution in [-0.4, -0.2) is 38.6 Å². The average Bonchev–Trinajstić information content (AvgIpc) is 2.61. The molecule has 1 aliphatic rings. The van der Waals surface area contributed by atoms with Crippen LogP contribution in [-0.2, 0) is 11.3 Å². The second-order valence-corrected chi connectivity index (χ2v) is 7.15. The van der Waals surface area contributed by atoms with Crippen molar-refractivity contribution >= 4 is 11.6 Å². The molecule has 2 aromatic carbocycles. The molecule has 1 saturated heterocycles. The first-order chi connectivity index (χ1) is 12.1. The van der Waals surface area contributed by atoms with E-state index in [-0.39, 0.29) is 5.91 Å². The van der Waals surface area contributed by atoms with Gasteiger partial charge < -0.3 is 15.1 Å². The van der Waals surface area contributed by atoms with E-state index in [9.17, 15) is 4.79 Å². The third-order valence-corrected chi connectivity index (χ3v) is 5.12. The molecule has 3 rings (SSSR count). The normalized spacial score (nSPS) is 20.2. The highest BCUT2D eigenvalue weighted by Gasteiger charge is 2.25. The quantitative estimate of drug-likeness (QED) is 0.717. The van der Waals surface area contributed by atoms with E-state index in [2.05, 4.69) is 35.6 Å². The fourth-order valence-electron chi connectivity index (χ4n) is 3.62. The highest BCUT2D eigenvalue weighted by molar-refractivity contribution is 5.93. The van der Waals surface area contributed by atoms with Crippen LogP contribution in [0.1, 0.15) is 16.7 Å². The Hall–Kier alpha value is -2.17. The number of carbonyl (C=O) groups is 1. The Labute approximate surface area is 150 Å². The van der Waals surface area contributed by atoms with Gasteiger partial charge in [-0.1, -0.05) is 48.5 Å². The average molecular weight is 339 g/mol. The predicted octanol–water partition coefficient (Wildman–Crippen LogP) is 0.226. The molecule has 132 valence electrons. The van der Waals surface area contributed by atoms with Crippen LogP contribution in [0.15, 0.2) is 48.5 Å². The number of hydrogen-bond acceptors (Lipinski definition) is 1. The van der Waals surface area contributed by atoms with Crippen molar-refractivity contribution in [3.63, 3.8) is 0 Å². The van der Waals surface area contributed by atoms with Crippen molar-refractivity contribution in [1.29, 1.82) is 0 Å². The Balaban J connectivity index is 1.46. The number of para-hydroxylation sites is 1. The van der Waals surface area contributed by atoms with Crippen LogP contribution in [0.25, 0.3) is 0 Å². The van der Waals surface area contributed by atoms with Gasteiger partial charge in [-0.05, 0) is 25.0 Å². The molecular weight excluding hydrogens is 310 g/mol. The predicted molar refractivity (Wildman–Crippen MR) is 101 cm³/mol. The molecule has 1 aliphatic heterocycles. The molecule has 0 unspecified atom stereocenters. The molecule has 0 bridgehead atoms. The Bertz CT molecular complexity index is 686. The Morgan fingerprint density at radius 3 is 2.12 bits per heavy atom. The minimum absolute atomic E-state index is 0.124. The standard InChI is InChI=1S/C21H27N3O/c1-17-7-6-8-18(2)21(17)22-20(25)16-24-13-11-23(12-14-24)15-19-9-4-3-5-10-19/h3-10H,11-16H2,1-2H3,(H,22,25)/p+2. The molecule has 0 aromatic heterocycles. The van der Waals surface area contributed by atoms with Crippen LogP contribution in [0, 0.1) is 13.8 Å². The first-order valence-corrected chi connectivity index (χ1v) is 9.19. The number of benzene rings is 2. The third-order valence-electron chi connectivity index (χ3n) is 5.12. The second kappa shape index (κ2) is 8.28. The van der Waals surface area contributed by atoms with Crippen LogP contribution in [0.3, 0.4) is 0 Å². The number of quaternary nitrogens is 2. The van der Waals surface area contributed by atoms with Gasteiger partial charge in [-0.15, -0.1) is 0 Å². The largest absolute Gasteiger partial charge is 0.322 e. The molecule has 0 atom stereocenters. The topological polar surface area (TPSA) is 38.0 Å². The highest BCUT2D eigenvalue weighted by atomic mass is 16.2. The number of amides is 1. The van der Waals surface area contributed by atoms with Crippen molar-refractivity contribution in [3.8, 4) is 0 Å². The van der Waals surface area contributed by atoms with E-state index in [1.807, 2.05) is 32.0 Å². The number of piperazine rings is 1. The molecule has 1 heterocycles. The van der Waals surface area contributed by atoms with Crippen LogP contribution >= 0.6 is 0 Å². The lowest BCUT2D eigenvalue weighted by atomic mass is 10.1. The molecule has 1 amide bonds. The van der Waals surface area contributed by atoms with E-state index in [1.165, 1.54) is 10.5 Å². The summed E-state index contributed by atoms with van der Waals surface area (Å²) < 4.78 is 0. The molecule has 3 N–H and O–H groups in total. The number of anilines is 1. The van der Waals surface area contributed by atoms with Gasteiger partial charge >= 0.3 is 0 Å². The van der Waals surface area contributed by atoms with E-state index >= 15 is 0 Å². The van der Waals surface area contributed by atoms with Gasteiger partial charge in [0.05, 0.1) is 0 Å². The summed E-state index contributed by atoms with van der Waals surface area (Å²) in [5.74, 6) is 0.124. The highest BCUT2D eigenvalue weighted by Crippen LogP contribution is 2.18. The Morgan fingerprint density at radius 2 is 1.48 bits per heavy atom. The molecule has 25 heavy (non-hydrogen) atoms. The summed E-state index contributed by atoms with van der Waals surface area (Å²) in [4.78, 5) is 15.4. The zero-order valence-electron chi connectivity index (χ0n) is 15.3. The van der Waals surface area contributed by atoms with Gasteiger partial charge in [0.1, 0.15) is 32.7 Å². The Morgan fingerprint density at radius 1 is 0.880 bits per heavy atom. The summed E-state index contributed by atoms with van der Waals surface area (Å²) in [7, 11) is 0. The van der Waals surface area contributed by atoms with Crippen molar-refractivity contribution in [2.75, 3.05) is 38.0 Å². The van der Waals surface area contributed by atoms with Gasteiger partial charge in [0, 0.05) is 11.3 Å². The number of hydrogen-bond donors (Lipinski definition) is 3. The minimum atomic E-state index is 0.124. The Kier molecular flexibility index (Phi) is 5.84. The van der Waals surface area contributed by atoms with Crippen LogP contribution in [0.5, 0.6) is 0 Å². The maximum absolute atomic E-state index is 12.4. The summed E-state index contributed by atoms with van der Waals surface area (Å²) in [5.41, 5.74) is 4.62. The molecule has 1 fully saturated rings. The summed E-state index contributed by atoms with van der Waals surface area (Å²) in [5, 5.41) is 3.11. The number of rotatable bonds is 5. The third kappa shape index (κ3) is 4.91. The lowest BCUT2D eigenvalue weighted by Crippen LogP contribution is -3.28. The van der Waals surface area contributed by atoms with Crippen molar-refractivity contribution in [1.82, 2.24) is 0 Å². The molecule has 0 aliphatic carbocycles. The van der Waals surface area contributed by atoms with E-state index < -0.39 is 0 Å². The molecular formula is C21H29N3O+2. The fraction of sp³-hybridized carbons (Fsp3) is 0.381. The minimum Gasteiger partial charge on any atom is -0.322 e. The monoisotopic (exact) mass is 339 g/mol. The molecule has 4 heteroatoms. The van der Waals surface area contributed by atoms with Crippen molar-refractivity contribution in [2.24, 2.45) is 0 Å². The van der Waals surface area contributed by atoms with Gasteiger partial charge in [0.15, 0.2) is 6.54 Å². The SMILES string of the molecule is Cc1cccc(C)c1NC(=O)C[NH+]1CC[NH+](Cc2ccccc2)CC1. The summed E-state index contributed by atoms with van der Waals surface area (Å²) >= 11 is 0. The maximum atomic E-state index is 12.4. The van der Waals surface area contributed by atoms with Gasteiger partial charge in [-0.3, -0.25) is 4.79 Å². The summed E-state index contributed by atoms with van der Waals surface area (Å²) in [6, 6.07) is 16.8. The summed E-state index contributed by atoms with van der Waals surface area (Å²) in [6.07, 6.45) is 0. The van der Waals surface area contributed by atoms with E-state index in [0.717, 1.165) is 49.5 Å². The lowest BCUT2D eigenvalue weighted by Gasteiger charge is -2.29. The first kappa shape index (κ1) is 17.6. The molecule has 2 aromatic rings. The number of nitrogens with one attached hydrogen (secondary N) is 3. The van der Waals surface area contributed by atoms with Crippen molar-refractivity contribution < 1.29 is 14.6 Å². The van der Waals surface area contributed by atoms with E-state index in [1.54, 1.807) is 4.90 Å². The van der Waals surface area contributed by atoms with Crippen molar-refractivity contribution in [2.45, 2.75) is 20.4 Å². The van der Waals surface area contributed by atoms with Gasteiger partial charge in [-0.25, -0.2) is 0 Å². The van der Waals surface area contributed by atoms with Crippen LogP contribution < -0.4 is 15.1 Å². The van der Waals surface area contributed by atoms with Crippen LogP contribution in [0.2, 0.25) is 0 Å². The zero-order chi connectivity index (χ0) is 17.6. The number of carbonyl (C=O) groups excluding carboxylic acids is 1. The molecule has 0 saturated carbocycles. The second-order valence-electron chi connectivity index (χ2n) is 7.15.